The molecule has 1 aliphatic carbocycles. The van der Waals surface area contributed by atoms with Crippen LogP contribution in [0, 0.1) is 0 Å². The Morgan fingerprint density at radius 1 is 1.26 bits per heavy atom. The minimum atomic E-state index is -0.0298. The average molecular weight is 430 g/mol. The van der Waals surface area contributed by atoms with Gasteiger partial charge in [0.05, 0.1) is 0 Å². The molecule has 0 spiro atoms. The monoisotopic (exact) mass is 430 g/mol. The number of guanidine groups is 1. The van der Waals surface area contributed by atoms with Gasteiger partial charge in [0.1, 0.15) is 0 Å². The lowest BCUT2D eigenvalue weighted by atomic mass is 10.1. The van der Waals surface area contributed by atoms with Gasteiger partial charge in [-0.05, 0) is 37.5 Å². The molecule has 0 aliphatic heterocycles. The van der Waals surface area contributed by atoms with Crippen LogP contribution in [0.15, 0.2) is 29.3 Å². The maximum Gasteiger partial charge on any atom is 0.251 e. The summed E-state index contributed by atoms with van der Waals surface area (Å²) in [4.78, 5) is 16.1. The summed E-state index contributed by atoms with van der Waals surface area (Å²) in [5.41, 5.74) is 1.76. The minimum absolute atomic E-state index is 0. The smallest absolute Gasteiger partial charge is 0.251 e. The van der Waals surface area contributed by atoms with E-state index in [1.54, 1.807) is 7.05 Å². The zero-order chi connectivity index (χ0) is 15.8. The van der Waals surface area contributed by atoms with Gasteiger partial charge in [0, 0.05) is 31.7 Å². The van der Waals surface area contributed by atoms with E-state index in [9.17, 15) is 4.79 Å². The third-order valence-corrected chi connectivity index (χ3v) is 3.91. The van der Waals surface area contributed by atoms with Crippen LogP contribution >= 0.6 is 24.0 Å². The number of hydrogen-bond donors (Lipinski definition) is 3. The fraction of sp³-hybridized carbons (Fsp3) is 0.529. The largest absolute Gasteiger partial charge is 0.354 e. The summed E-state index contributed by atoms with van der Waals surface area (Å²) in [5, 5.41) is 9.59. The molecule has 0 saturated heterocycles. The first-order valence-corrected chi connectivity index (χ1v) is 8.07. The SMILES string of the molecule is CCNC(=O)c1cccc(CNC(=NC)NC2CCCC2)c1.I. The molecule has 23 heavy (non-hydrogen) atoms. The van der Waals surface area contributed by atoms with E-state index >= 15 is 0 Å². The number of halogens is 1. The number of rotatable bonds is 5. The molecular weight excluding hydrogens is 403 g/mol. The first-order chi connectivity index (χ1) is 10.7. The van der Waals surface area contributed by atoms with Crippen LogP contribution in [0.25, 0.3) is 0 Å². The fourth-order valence-corrected chi connectivity index (χ4v) is 2.73. The van der Waals surface area contributed by atoms with Crippen molar-refractivity contribution in [3.63, 3.8) is 0 Å². The summed E-state index contributed by atoms with van der Waals surface area (Å²) in [7, 11) is 1.79. The Kier molecular flexibility index (Phi) is 8.98. The Labute approximate surface area is 155 Å². The summed E-state index contributed by atoms with van der Waals surface area (Å²) in [5.74, 6) is 0.799. The second kappa shape index (κ2) is 10.5. The normalized spacial score (nSPS) is 15.0. The van der Waals surface area contributed by atoms with Crippen molar-refractivity contribution < 1.29 is 4.79 Å². The quantitative estimate of drug-likeness (QED) is 0.383. The van der Waals surface area contributed by atoms with Gasteiger partial charge >= 0.3 is 0 Å². The molecular formula is C17H27IN4O. The molecule has 1 aromatic carbocycles. The van der Waals surface area contributed by atoms with Gasteiger partial charge in [-0.2, -0.15) is 0 Å². The molecule has 0 aromatic heterocycles. The van der Waals surface area contributed by atoms with E-state index in [2.05, 4.69) is 20.9 Å². The van der Waals surface area contributed by atoms with Crippen molar-refractivity contribution in [3.8, 4) is 0 Å². The molecule has 0 atom stereocenters. The molecule has 0 bridgehead atoms. The van der Waals surface area contributed by atoms with Crippen LogP contribution in [0.2, 0.25) is 0 Å². The lowest BCUT2D eigenvalue weighted by Gasteiger charge is -2.17. The lowest BCUT2D eigenvalue weighted by molar-refractivity contribution is 0.0955. The number of nitrogens with one attached hydrogen (secondary N) is 3. The highest BCUT2D eigenvalue weighted by Crippen LogP contribution is 2.17. The van der Waals surface area contributed by atoms with E-state index < -0.39 is 0 Å². The van der Waals surface area contributed by atoms with Gasteiger partial charge in [-0.15, -0.1) is 24.0 Å². The van der Waals surface area contributed by atoms with E-state index in [-0.39, 0.29) is 29.9 Å². The Hall–Kier alpha value is -1.31. The first kappa shape index (κ1) is 19.7. The number of carbonyl (C=O) groups excluding carboxylic acids is 1. The number of benzene rings is 1. The van der Waals surface area contributed by atoms with Crippen molar-refractivity contribution in [2.45, 2.75) is 45.2 Å². The van der Waals surface area contributed by atoms with E-state index in [0.717, 1.165) is 11.5 Å². The summed E-state index contributed by atoms with van der Waals surface area (Å²) in [6.07, 6.45) is 5.02. The summed E-state index contributed by atoms with van der Waals surface area (Å²) in [6.45, 7) is 3.21. The standard InChI is InChI=1S/C17H26N4O.HI/c1-3-19-16(22)14-8-6-7-13(11-14)12-20-17(18-2)21-15-9-4-5-10-15;/h6-8,11,15H,3-5,9-10,12H2,1-2H3,(H,19,22)(H2,18,20,21);1H. The minimum Gasteiger partial charge on any atom is -0.354 e. The molecule has 6 heteroatoms. The molecule has 1 amide bonds. The second-order valence-corrected chi connectivity index (χ2v) is 5.61. The van der Waals surface area contributed by atoms with Crippen LogP contribution in [0.3, 0.4) is 0 Å². The van der Waals surface area contributed by atoms with Gasteiger partial charge in [-0.25, -0.2) is 0 Å². The summed E-state index contributed by atoms with van der Waals surface area (Å²) < 4.78 is 0. The molecule has 1 saturated carbocycles. The third kappa shape index (κ3) is 6.37. The van der Waals surface area contributed by atoms with Crippen molar-refractivity contribution in [2.24, 2.45) is 4.99 Å². The highest BCUT2D eigenvalue weighted by atomic mass is 127. The zero-order valence-electron chi connectivity index (χ0n) is 13.9. The maximum absolute atomic E-state index is 11.9. The molecule has 1 aromatic rings. The predicted molar refractivity (Wildman–Crippen MR) is 105 cm³/mol. The van der Waals surface area contributed by atoms with Crippen LogP contribution in [0.1, 0.15) is 48.5 Å². The highest BCUT2D eigenvalue weighted by molar-refractivity contribution is 14.0. The molecule has 5 nitrogen and oxygen atoms in total. The van der Waals surface area contributed by atoms with Crippen LogP contribution in [0.4, 0.5) is 0 Å². The van der Waals surface area contributed by atoms with E-state index in [0.29, 0.717) is 24.7 Å². The van der Waals surface area contributed by atoms with Gasteiger partial charge in [0.15, 0.2) is 5.96 Å². The Bertz CT molecular complexity index is 527. The topological polar surface area (TPSA) is 65.5 Å². The van der Waals surface area contributed by atoms with E-state index in [1.165, 1.54) is 25.7 Å². The summed E-state index contributed by atoms with van der Waals surface area (Å²) in [6, 6.07) is 8.21. The third-order valence-electron chi connectivity index (χ3n) is 3.91. The molecule has 1 fully saturated rings. The van der Waals surface area contributed by atoms with Crippen molar-refractivity contribution in [2.75, 3.05) is 13.6 Å². The van der Waals surface area contributed by atoms with Crippen molar-refractivity contribution in [1.82, 2.24) is 16.0 Å². The lowest BCUT2D eigenvalue weighted by Crippen LogP contribution is -2.41. The van der Waals surface area contributed by atoms with Crippen LogP contribution in [-0.2, 0) is 6.54 Å². The number of amides is 1. The predicted octanol–water partition coefficient (Wildman–Crippen LogP) is 2.66. The van der Waals surface area contributed by atoms with Crippen LogP contribution in [-0.4, -0.2) is 31.5 Å². The van der Waals surface area contributed by atoms with Crippen molar-refractivity contribution in [3.05, 3.63) is 35.4 Å². The highest BCUT2D eigenvalue weighted by Gasteiger charge is 2.15. The van der Waals surface area contributed by atoms with E-state index in [4.69, 9.17) is 0 Å². The van der Waals surface area contributed by atoms with Crippen molar-refractivity contribution in [1.29, 1.82) is 0 Å². The number of aliphatic imine (C=N–C) groups is 1. The molecule has 0 heterocycles. The Morgan fingerprint density at radius 2 is 2.00 bits per heavy atom. The van der Waals surface area contributed by atoms with Gasteiger partial charge in [0.2, 0.25) is 0 Å². The first-order valence-electron chi connectivity index (χ1n) is 8.07. The van der Waals surface area contributed by atoms with Gasteiger partial charge in [0.25, 0.3) is 5.91 Å². The average Bonchev–Trinajstić information content (AvgIpc) is 3.05. The maximum atomic E-state index is 11.9. The van der Waals surface area contributed by atoms with Gasteiger partial charge in [-0.3, -0.25) is 9.79 Å². The molecule has 0 radical (unpaired) electrons. The Balaban J connectivity index is 0.00000264. The van der Waals surface area contributed by atoms with Gasteiger partial charge in [-0.1, -0.05) is 25.0 Å². The number of hydrogen-bond acceptors (Lipinski definition) is 2. The molecule has 128 valence electrons. The van der Waals surface area contributed by atoms with Crippen molar-refractivity contribution >= 4 is 35.8 Å². The fourth-order valence-electron chi connectivity index (χ4n) is 2.73. The number of carbonyl (C=O) groups is 1. The number of nitrogens with zero attached hydrogens (tertiary/aromatic N) is 1. The van der Waals surface area contributed by atoms with Gasteiger partial charge < -0.3 is 16.0 Å². The molecule has 3 N–H and O–H groups in total. The molecule has 1 aliphatic rings. The molecule has 2 rings (SSSR count). The Morgan fingerprint density at radius 3 is 2.65 bits per heavy atom. The van der Waals surface area contributed by atoms with E-state index in [1.807, 2.05) is 31.2 Å². The van der Waals surface area contributed by atoms with Crippen LogP contribution < -0.4 is 16.0 Å². The summed E-state index contributed by atoms with van der Waals surface area (Å²) >= 11 is 0. The zero-order valence-corrected chi connectivity index (χ0v) is 16.2. The molecule has 0 unspecified atom stereocenters. The van der Waals surface area contributed by atoms with Crippen LogP contribution in [0.5, 0.6) is 0 Å². The second-order valence-electron chi connectivity index (χ2n) is 5.61.